The van der Waals surface area contributed by atoms with Crippen LogP contribution in [0.2, 0.25) is 0 Å². The van der Waals surface area contributed by atoms with Gasteiger partial charge in [-0.3, -0.25) is 9.36 Å². The number of allylic oxidation sites excluding steroid dienone is 2. The highest BCUT2D eigenvalue weighted by Crippen LogP contribution is 2.38. The summed E-state index contributed by atoms with van der Waals surface area (Å²) >= 11 is 0. The average molecular weight is 829 g/mol. The number of amides is 1. The van der Waals surface area contributed by atoms with Crippen LogP contribution in [0.4, 0.5) is 0 Å². The molecule has 1 amide bonds. The molecule has 0 aromatic heterocycles. The molecule has 2 N–H and O–H groups in total. The van der Waals surface area contributed by atoms with Crippen LogP contribution in [-0.2, 0) is 18.4 Å². The van der Waals surface area contributed by atoms with Gasteiger partial charge in [-0.05, 0) is 38.5 Å². The quantitative estimate of drug-likeness (QED) is 0.0274. The average Bonchev–Trinajstić information content (AvgIpc) is 3.16. The fourth-order valence-corrected chi connectivity index (χ4v) is 8.05. The van der Waals surface area contributed by atoms with E-state index in [1.807, 2.05) is 21.1 Å². The monoisotopic (exact) mass is 829 g/mol. The number of nitrogens with one attached hydrogen (secondary N) is 1. The number of aliphatic hydroxyl groups is 1. The Labute approximate surface area is 354 Å². The molecule has 0 aromatic rings. The Balaban J connectivity index is 4.25. The van der Waals surface area contributed by atoms with Gasteiger partial charge in [0.2, 0.25) is 5.91 Å². The molecule has 3 unspecified atom stereocenters. The Kier molecular flexibility index (Phi) is 40.1. The van der Waals surface area contributed by atoms with Crippen molar-refractivity contribution in [2.24, 2.45) is 0 Å². The van der Waals surface area contributed by atoms with Gasteiger partial charge in [0.1, 0.15) is 13.2 Å². The van der Waals surface area contributed by atoms with E-state index < -0.39 is 20.0 Å². The van der Waals surface area contributed by atoms with Crippen LogP contribution in [0.25, 0.3) is 0 Å². The number of hydrogen-bond acceptors (Lipinski definition) is 6. The number of carbonyl (C=O) groups excluding carboxylic acids is 1. The SMILES string of the molecule is CCCCCCC/C=C\CCCCCCCC(=O)NC(COP(=O)([O-])OCC[N+](C)(C)C)C(O)CCCCCCCCCCCCCCCCCCCCCCC. The number of unbranched alkanes of at least 4 members (excludes halogenated alkanes) is 30. The van der Waals surface area contributed by atoms with Gasteiger partial charge in [-0.1, -0.05) is 206 Å². The molecule has 0 spiro atoms. The molecule has 0 bridgehead atoms. The first-order chi connectivity index (χ1) is 27.5. The standard InChI is InChI=1S/C48H97N2O6P/c1-6-8-10-12-14-16-18-20-22-23-24-25-26-27-28-29-31-33-35-37-39-41-47(51)46(45-56-57(53,54)55-44-43-50(3,4)5)49-48(52)42-40-38-36-34-32-30-21-19-17-15-13-11-9-7-2/h19,21,46-47,51H,6-18,20,22-45H2,1-5H3,(H-,49,52,53,54)/b21-19-. The van der Waals surface area contributed by atoms with E-state index in [1.165, 1.54) is 161 Å². The van der Waals surface area contributed by atoms with Crippen molar-refractivity contribution in [2.45, 2.75) is 251 Å². The molecule has 0 fully saturated rings. The molecule has 0 aliphatic heterocycles. The summed E-state index contributed by atoms with van der Waals surface area (Å²) in [6.45, 7) is 4.72. The lowest BCUT2D eigenvalue weighted by Crippen LogP contribution is -2.46. The second kappa shape index (κ2) is 40.6. The van der Waals surface area contributed by atoms with E-state index in [9.17, 15) is 19.4 Å². The minimum atomic E-state index is -4.56. The van der Waals surface area contributed by atoms with Gasteiger partial charge in [-0.2, -0.15) is 0 Å². The first-order valence-corrected chi connectivity index (χ1v) is 26.0. The molecule has 0 saturated carbocycles. The predicted molar refractivity (Wildman–Crippen MR) is 242 cm³/mol. The molecule has 340 valence electrons. The fourth-order valence-electron chi connectivity index (χ4n) is 7.33. The number of rotatable bonds is 45. The van der Waals surface area contributed by atoms with Crippen molar-refractivity contribution in [1.29, 1.82) is 0 Å². The maximum Gasteiger partial charge on any atom is 0.268 e. The molecule has 57 heavy (non-hydrogen) atoms. The molecular weight excluding hydrogens is 732 g/mol. The Hall–Kier alpha value is -0.760. The van der Waals surface area contributed by atoms with Crippen molar-refractivity contribution in [1.82, 2.24) is 5.32 Å². The zero-order chi connectivity index (χ0) is 42.1. The third-order valence-corrected chi connectivity index (χ3v) is 12.2. The summed E-state index contributed by atoms with van der Waals surface area (Å²) < 4.78 is 23.3. The lowest BCUT2D eigenvalue weighted by molar-refractivity contribution is -0.870. The minimum absolute atomic E-state index is 0.0126. The highest BCUT2D eigenvalue weighted by Gasteiger charge is 2.24. The Morgan fingerprint density at radius 3 is 1.37 bits per heavy atom. The normalized spacial score (nSPS) is 14.3. The van der Waals surface area contributed by atoms with Gasteiger partial charge in [0.05, 0.1) is 39.9 Å². The largest absolute Gasteiger partial charge is 0.756 e. The van der Waals surface area contributed by atoms with E-state index in [-0.39, 0.29) is 19.1 Å². The van der Waals surface area contributed by atoms with Gasteiger partial charge in [0.15, 0.2) is 0 Å². The van der Waals surface area contributed by atoms with Crippen LogP contribution in [0.5, 0.6) is 0 Å². The molecule has 3 atom stereocenters. The first-order valence-electron chi connectivity index (χ1n) is 24.5. The summed E-state index contributed by atoms with van der Waals surface area (Å²) in [5, 5.41) is 13.9. The summed E-state index contributed by atoms with van der Waals surface area (Å²) in [5.74, 6) is -0.171. The Morgan fingerprint density at radius 2 is 0.965 bits per heavy atom. The van der Waals surface area contributed by atoms with Crippen molar-refractivity contribution >= 4 is 13.7 Å². The number of aliphatic hydroxyl groups excluding tert-OH is 1. The van der Waals surface area contributed by atoms with Crippen molar-refractivity contribution in [3.05, 3.63) is 12.2 Å². The summed E-state index contributed by atoms with van der Waals surface area (Å²) in [4.78, 5) is 25.4. The second-order valence-corrected chi connectivity index (χ2v) is 19.6. The van der Waals surface area contributed by atoms with Crippen molar-refractivity contribution in [3.8, 4) is 0 Å². The maximum atomic E-state index is 12.9. The number of likely N-dealkylation sites (N-methyl/N-ethyl adjacent to an activating group) is 1. The van der Waals surface area contributed by atoms with Crippen molar-refractivity contribution < 1.29 is 32.9 Å². The van der Waals surface area contributed by atoms with Gasteiger partial charge in [-0.25, -0.2) is 0 Å². The molecule has 9 heteroatoms. The Morgan fingerprint density at radius 1 is 0.596 bits per heavy atom. The smallest absolute Gasteiger partial charge is 0.268 e. The van der Waals surface area contributed by atoms with E-state index in [0.717, 1.165) is 51.4 Å². The van der Waals surface area contributed by atoms with Gasteiger partial charge < -0.3 is 28.8 Å². The number of phosphoric acid groups is 1. The summed E-state index contributed by atoms with van der Waals surface area (Å²) in [6.07, 6.45) is 46.5. The fraction of sp³-hybridized carbons (Fsp3) is 0.938. The number of phosphoric ester groups is 1. The molecule has 0 saturated heterocycles. The van der Waals surface area contributed by atoms with Gasteiger partial charge >= 0.3 is 0 Å². The van der Waals surface area contributed by atoms with Crippen LogP contribution in [0.1, 0.15) is 239 Å². The van der Waals surface area contributed by atoms with Crippen LogP contribution in [0.15, 0.2) is 12.2 Å². The first kappa shape index (κ1) is 56.2. The summed E-state index contributed by atoms with van der Waals surface area (Å²) in [7, 11) is 1.31. The summed E-state index contributed by atoms with van der Waals surface area (Å²) in [6, 6.07) is -0.801. The van der Waals surface area contributed by atoms with E-state index in [4.69, 9.17) is 9.05 Å². The summed E-state index contributed by atoms with van der Waals surface area (Å²) in [5.41, 5.74) is 0. The highest BCUT2D eigenvalue weighted by atomic mass is 31.2. The number of carbonyl (C=O) groups is 1. The zero-order valence-corrected chi connectivity index (χ0v) is 39.5. The lowest BCUT2D eigenvalue weighted by atomic mass is 10.0. The number of nitrogens with zero attached hydrogens (tertiary/aromatic N) is 1. The van der Waals surface area contributed by atoms with Gasteiger partial charge in [0.25, 0.3) is 7.82 Å². The van der Waals surface area contributed by atoms with E-state index in [1.54, 1.807) is 0 Å². The highest BCUT2D eigenvalue weighted by molar-refractivity contribution is 7.45. The topological polar surface area (TPSA) is 108 Å². The molecule has 8 nitrogen and oxygen atoms in total. The number of hydrogen-bond donors (Lipinski definition) is 2. The third kappa shape index (κ3) is 43.1. The Bertz CT molecular complexity index is 942. The van der Waals surface area contributed by atoms with E-state index in [0.29, 0.717) is 23.9 Å². The lowest BCUT2D eigenvalue weighted by Gasteiger charge is -2.30. The van der Waals surface area contributed by atoms with Crippen molar-refractivity contribution in [2.75, 3.05) is 40.9 Å². The molecule has 0 aliphatic carbocycles. The molecule has 0 aromatic carbocycles. The van der Waals surface area contributed by atoms with Crippen LogP contribution in [0, 0.1) is 0 Å². The van der Waals surface area contributed by atoms with E-state index >= 15 is 0 Å². The van der Waals surface area contributed by atoms with Crippen LogP contribution >= 0.6 is 7.82 Å². The zero-order valence-electron chi connectivity index (χ0n) is 38.6. The molecular formula is C48H97N2O6P. The van der Waals surface area contributed by atoms with Gasteiger partial charge in [0, 0.05) is 6.42 Å². The molecule has 0 radical (unpaired) electrons. The van der Waals surface area contributed by atoms with Crippen LogP contribution in [-0.4, -0.2) is 68.5 Å². The maximum absolute atomic E-state index is 12.9. The van der Waals surface area contributed by atoms with Crippen LogP contribution < -0.4 is 10.2 Å². The van der Waals surface area contributed by atoms with Crippen LogP contribution in [0.3, 0.4) is 0 Å². The molecule has 0 aliphatic rings. The molecule has 0 heterocycles. The van der Waals surface area contributed by atoms with Crippen molar-refractivity contribution in [3.63, 3.8) is 0 Å². The third-order valence-electron chi connectivity index (χ3n) is 11.3. The predicted octanol–water partition coefficient (Wildman–Crippen LogP) is 13.3. The van der Waals surface area contributed by atoms with Gasteiger partial charge in [-0.15, -0.1) is 0 Å². The number of quaternary nitrogens is 1. The minimum Gasteiger partial charge on any atom is -0.756 e. The molecule has 0 rings (SSSR count). The van der Waals surface area contributed by atoms with E-state index in [2.05, 4.69) is 31.3 Å². The second-order valence-electron chi connectivity index (χ2n) is 18.2.